The van der Waals surface area contributed by atoms with Crippen molar-refractivity contribution in [3.8, 4) is 0 Å². The number of carboxylic acid groups (broad SMARTS) is 1. The van der Waals surface area contributed by atoms with Crippen molar-refractivity contribution >= 4 is 17.3 Å². The van der Waals surface area contributed by atoms with Crippen LogP contribution in [0, 0.1) is 10.1 Å². The topological polar surface area (TPSA) is 122 Å². The highest BCUT2D eigenvalue weighted by Gasteiger charge is 2.15. The average Bonchev–Trinajstić information content (AvgIpc) is 2.38. The largest absolute Gasteiger partial charge is 0.478 e. The Morgan fingerprint density at radius 3 is 2.74 bits per heavy atom. The minimum absolute atomic E-state index is 0.0854. The van der Waals surface area contributed by atoms with E-state index in [9.17, 15) is 14.9 Å². The first kappa shape index (κ1) is 14.9. The zero-order chi connectivity index (χ0) is 14.3. The van der Waals surface area contributed by atoms with Crippen LogP contribution < -0.4 is 5.32 Å². The average molecular weight is 270 g/mol. The highest BCUT2D eigenvalue weighted by molar-refractivity contribution is 5.95. The molecule has 0 aliphatic heterocycles. The van der Waals surface area contributed by atoms with E-state index in [1.165, 1.54) is 12.1 Å². The van der Waals surface area contributed by atoms with E-state index in [0.717, 1.165) is 6.07 Å². The molecule has 0 bridgehead atoms. The highest BCUT2D eigenvalue weighted by Crippen LogP contribution is 2.21. The van der Waals surface area contributed by atoms with Gasteiger partial charge in [0.2, 0.25) is 0 Å². The van der Waals surface area contributed by atoms with Gasteiger partial charge in [0.25, 0.3) is 5.69 Å². The summed E-state index contributed by atoms with van der Waals surface area (Å²) in [5.74, 6) is -1.25. The number of aliphatic hydroxyl groups excluding tert-OH is 1. The zero-order valence-electron chi connectivity index (χ0n) is 10.0. The van der Waals surface area contributed by atoms with Crippen molar-refractivity contribution < 1.29 is 24.7 Å². The first-order valence-corrected chi connectivity index (χ1v) is 5.50. The summed E-state index contributed by atoms with van der Waals surface area (Å²) < 4.78 is 5.00. The molecule has 0 fully saturated rings. The lowest BCUT2D eigenvalue weighted by Crippen LogP contribution is -2.13. The van der Waals surface area contributed by atoms with Crippen LogP contribution >= 0.6 is 0 Å². The lowest BCUT2D eigenvalue weighted by Gasteiger charge is -2.09. The molecule has 8 nitrogen and oxygen atoms in total. The van der Waals surface area contributed by atoms with Crippen LogP contribution in [0.5, 0.6) is 0 Å². The number of nitrogens with zero attached hydrogens (tertiary/aromatic N) is 1. The van der Waals surface area contributed by atoms with Gasteiger partial charge in [-0.15, -0.1) is 0 Å². The minimum Gasteiger partial charge on any atom is -0.478 e. The smallest absolute Gasteiger partial charge is 0.338 e. The molecule has 1 aromatic rings. The number of nitro groups is 1. The molecule has 0 atom stereocenters. The van der Waals surface area contributed by atoms with Gasteiger partial charge in [-0.1, -0.05) is 0 Å². The number of anilines is 1. The van der Waals surface area contributed by atoms with Gasteiger partial charge in [0.05, 0.1) is 30.3 Å². The Kier molecular flexibility index (Phi) is 5.71. The Morgan fingerprint density at radius 1 is 1.42 bits per heavy atom. The summed E-state index contributed by atoms with van der Waals surface area (Å²) in [6, 6.07) is 3.57. The normalized spacial score (nSPS) is 10.2. The van der Waals surface area contributed by atoms with Gasteiger partial charge >= 0.3 is 5.97 Å². The van der Waals surface area contributed by atoms with Gasteiger partial charge in [-0.3, -0.25) is 10.1 Å². The maximum atomic E-state index is 11.0. The molecule has 1 aromatic carbocycles. The summed E-state index contributed by atoms with van der Waals surface area (Å²) in [6.07, 6.45) is 0. The third-order valence-corrected chi connectivity index (χ3v) is 2.24. The number of nitrogens with one attached hydrogen (secondary N) is 1. The Labute approximate surface area is 108 Å². The van der Waals surface area contributed by atoms with Gasteiger partial charge in [0.1, 0.15) is 0 Å². The Morgan fingerprint density at radius 2 is 2.16 bits per heavy atom. The summed E-state index contributed by atoms with van der Waals surface area (Å²) in [4.78, 5) is 20.9. The van der Waals surface area contributed by atoms with E-state index in [0.29, 0.717) is 6.54 Å². The molecule has 0 aromatic heterocycles. The van der Waals surface area contributed by atoms with E-state index in [4.69, 9.17) is 14.9 Å². The number of rotatable bonds is 8. The van der Waals surface area contributed by atoms with Crippen LogP contribution in [-0.2, 0) is 4.74 Å². The molecule has 0 saturated carbocycles. The number of aliphatic hydroxyl groups is 1. The van der Waals surface area contributed by atoms with Crippen LogP contribution in [0.1, 0.15) is 10.4 Å². The van der Waals surface area contributed by atoms with E-state index in [2.05, 4.69) is 5.32 Å². The highest BCUT2D eigenvalue weighted by atomic mass is 16.6. The fourth-order valence-corrected chi connectivity index (χ4v) is 1.40. The van der Waals surface area contributed by atoms with Crippen LogP contribution in [0.3, 0.4) is 0 Å². The van der Waals surface area contributed by atoms with Crippen LogP contribution in [0.4, 0.5) is 11.4 Å². The molecule has 19 heavy (non-hydrogen) atoms. The lowest BCUT2D eigenvalue weighted by atomic mass is 10.1. The molecule has 0 radical (unpaired) electrons. The number of benzene rings is 1. The summed E-state index contributed by atoms with van der Waals surface area (Å²) in [6.45, 7) is 0.736. The number of carboxylic acids is 1. The van der Waals surface area contributed by atoms with Gasteiger partial charge < -0.3 is 20.3 Å². The van der Waals surface area contributed by atoms with Gasteiger partial charge in [-0.2, -0.15) is 0 Å². The first-order valence-electron chi connectivity index (χ1n) is 5.50. The molecule has 8 heteroatoms. The predicted octanol–water partition coefficient (Wildman–Crippen LogP) is 0.714. The van der Waals surface area contributed by atoms with E-state index in [1.54, 1.807) is 0 Å². The molecule has 3 N–H and O–H groups in total. The van der Waals surface area contributed by atoms with Crippen LogP contribution in [0.2, 0.25) is 0 Å². The fraction of sp³-hybridized carbons (Fsp3) is 0.364. The minimum atomic E-state index is -1.25. The van der Waals surface area contributed by atoms with Gasteiger partial charge in [-0.05, 0) is 6.07 Å². The third kappa shape index (κ3) is 4.53. The van der Waals surface area contributed by atoms with Crippen molar-refractivity contribution in [3.05, 3.63) is 33.9 Å². The number of nitro benzene ring substituents is 1. The summed E-state index contributed by atoms with van der Waals surface area (Å²) in [7, 11) is 0. The molecule has 0 aliphatic carbocycles. The van der Waals surface area contributed by atoms with Gasteiger partial charge in [-0.25, -0.2) is 4.79 Å². The molecular weight excluding hydrogens is 256 g/mol. The van der Waals surface area contributed by atoms with Crippen molar-refractivity contribution in [2.75, 3.05) is 31.7 Å². The van der Waals surface area contributed by atoms with E-state index in [-0.39, 0.29) is 36.8 Å². The zero-order valence-corrected chi connectivity index (χ0v) is 10.0. The van der Waals surface area contributed by atoms with Crippen molar-refractivity contribution in [1.29, 1.82) is 0 Å². The molecule has 0 unspecified atom stereocenters. The SMILES string of the molecule is O=C(O)c1cc([N+](=O)[O-])ccc1NCCOCCO. The molecule has 0 amide bonds. The fourth-order valence-electron chi connectivity index (χ4n) is 1.40. The predicted molar refractivity (Wildman–Crippen MR) is 66.5 cm³/mol. The molecule has 104 valence electrons. The van der Waals surface area contributed by atoms with E-state index < -0.39 is 10.9 Å². The second kappa shape index (κ2) is 7.29. The summed E-state index contributed by atoms with van der Waals surface area (Å²) >= 11 is 0. The number of hydrogen-bond acceptors (Lipinski definition) is 6. The quantitative estimate of drug-likeness (QED) is 0.361. The second-order valence-electron chi connectivity index (χ2n) is 3.55. The van der Waals surface area contributed by atoms with Crippen molar-refractivity contribution in [2.45, 2.75) is 0 Å². The number of non-ortho nitro benzene ring substituents is 1. The summed E-state index contributed by atoms with van der Waals surface area (Å²) in [5, 5.41) is 30.9. The molecule has 0 aliphatic rings. The number of carbonyl (C=O) groups is 1. The lowest BCUT2D eigenvalue weighted by molar-refractivity contribution is -0.384. The molecule has 0 saturated heterocycles. The maximum Gasteiger partial charge on any atom is 0.338 e. The Bertz CT molecular complexity index is 462. The van der Waals surface area contributed by atoms with Crippen molar-refractivity contribution in [1.82, 2.24) is 0 Å². The van der Waals surface area contributed by atoms with Crippen LogP contribution in [0.15, 0.2) is 18.2 Å². The second-order valence-corrected chi connectivity index (χ2v) is 3.55. The number of ether oxygens (including phenoxy) is 1. The van der Waals surface area contributed by atoms with Crippen molar-refractivity contribution in [3.63, 3.8) is 0 Å². The number of aromatic carboxylic acids is 1. The maximum absolute atomic E-state index is 11.0. The molecular formula is C11H14N2O6. The first-order chi connectivity index (χ1) is 9.06. The standard InChI is InChI=1S/C11H14N2O6/c14-4-6-19-5-3-12-10-2-1-8(13(17)18)7-9(10)11(15)16/h1-2,7,12,14H,3-6H2,(H,15,16). The molecule has 0 spiro atoms. The summed E-state index contributed by atoms with van der Waals surface area (Å²) in [5.41, 5.74) is -0.165. The van der Waals surface area contributed by atoms with Crippen molar-refractivity contribution in [2.24, 2.45) is 0 Å². The van der Waals surface area contributed by atoms with Gasteiger partial charge in [0, 0.05) is 24.4 Å². The Balaban J connectivity index is 2.71. The molecule has 1 rings (SSSR count). The van der Waals surface area contributed by atoms with E-state index in [1.807, 2.05) is 0 Å². The van der Waals surface area contributed by atoms with Gasteiger partial charge in [0.15, 0.2) is 0 Å². The monoisotopic (exact) mass is 270 g/mol. The Hall–Kier alpha value is -2.19. The third-order valence-electron chi connectivity index (χ3n) is 2.24. The van der Waals surface area contributed by atoms with Crippen LogP contribution in [0.25, 0.3) is 0 Å². The van der Waals surface area contributed by atoms with E-state index >= 15 is 0 Å². The van der Waals surface area contributed by atoms with Crippen LogP contribution in [-0.4, -0.2) is 47.5 Å². The number of hydrogen-bond donors (Lipinski definition) is 3. The molecule has 0 heterocycles.